The molecule has 8 nitrogen and oxygen atoms in total. The number of esters is 2. The summed E-state index contributed by atoms with van der Waals surface area (Å²) in [6.07, 6.45) is 1.56. The summed E-state index contributed by atoms with van der Waals surface area (Å²) >= 11 is 0. The van der Waals surface area contributed by atoms with E-state index >= 15 is 0 Å². The summed E-state index contributed by atoms with van der Waals surface area (Å²) in [5.41, 5.74) is -0.00845. The SMILES string of the molecule is COC(=O)COC(=O)c1ccc(OC)c(S(=O)(=O)NC2CC2)c1. The van der Waals surface area contributed by atoms with E-state index in [1.165, 1.54) is 19.2 Å². The monoisotopic (exact) mass is 343 g/mol. The minimum Gasteiger partial charge on any atom is -0.495 e. The Morgan fingerprint density at radius 1 is 1.26 bits per heavy atom. The molecule has 0 aromatic heterocycles. The molecule has 0 aliphatic heterocycles. The molecular formula is C14H17NO7S. The third-order valence-corrected chi connectivity index (χ3v) is 4.68. The summed E-state index contributed by atoms with van der Waals surface area (Å²) in [4.78, 5) is 22.7. The van der Waals surface area contributed by atoms with Crippen molar-refractivity contribution in [2.45, 2.75) is 23.8 Å². The number of hydrogen-bond donors (Lipinski definition) is 1. The van der Waals surface area contributed by atoms with Gasteiger partial charge >= 0.3 is 11.9 Å². The predicted molar refractivity (Wildman–Crippen MR) is 78.6 cm³/mol. The van der Waals surface area contributed by atoms with Gasteiger partial charge in [-0.3, -0.25) is 0 Å². The van der Waals surface area contributed by atoms with Crippen molar-refractivity contribution in [3.63, 3.8) is 0 Å². The molecule has 1 aromatic carbocycles. The van der Waals surface area contributed by atoms with Crippen molar-refractivity contribution in [3.8, 4) is 5.75 Å². The van der Waals surface area contributed by atoms with Gasteiger partial charge in [-0.05, 0) is 31.0 Å². The third kappa shape index (κ3) is 4.42. The van der Waals surface area contributed by atoms with Crippen LogP contribution in [0, 0.1) is 0 Å². The van der Waals surface area contributed by atoms with Gasteiger partial charge in [-0.25, -0.2) is 22.7 Å². The highest BCUT2D eigenvalue weighted by molar-refractivity contribution is 7.89. The zero-order valence-corrected chi connectivity index (χ0v) is 13.5. The van der Waals surface area contributed by atoms with E-state index in [0.29, 0.717) is 0 Å². The molecule has 1 aromatic rings. The van der Waals surface area contributed by atoms with Gasteiger partial charge in [-0.2, -0.15) is 0 Å². The first kappa shape index (κ1) is 17.2. The summed E-state index contributed by atoms with van der Waals surface area (Å²) < 4.78 is 41.3. The molecule has 0 unspecified atom stereocenters. The van der Waals surface area contributed by atoms with Crippen molar-refractivity contribution >= 4 is 22.0 Å². The first-order valence-electron chi connectivity index (χ1n) is 6.81. The van der Waals surface area contributed by atoms with Crippen LogP contribution in [-0.2, 0) is 24.3 Å². The second kappa shape index (κ2) is 6.97. The Morgan fingerprint density at radius 2 is 1.96 bits per heavy atom. The molecule has 0 atom stereocenters. The number of ether oxygens (including phenoxy) is 3. The number of methoxy groups -OCH3 is 2. The fourth-order valence-corrected chi connectivity index (χ4v) is 3.26. The van der Waals surface area contributed by atoms with Gasteiger partial charge < -0.3 is 14.2 Å². The average molecular weight is 343 g/mol. The minimum atomic E-state index is -3.81. The fourth-order valence-electron chi connectivity index (χ4n) is 1.76. The summed E-state index contributed by atoms with van der Waals surface area (Å²) in [6, 6.07) is 3.79. The van der Waals surface area contributed by atoms with Crippen molar-refractivity contribution in [2.24, 2.45) is 0 Å². The maximum atomic E-state index is 12.3. The highest BCUT2D eigenvalue weighted by Crippen LogP contribution is 2.28. The Bertz CT molecular complexity index is 710. The van der Waals surface area contributed by atoms with Crippen molar-refractivity contribution < 1.29 is 32.2 Å². The van der Waals surface area contributed by atoms with Gasteiger partial charge in [0.25, 0.3) is 0 Å². The molecule has 0 bridgehead atoms. The van der Waals surface area contributed by atoms with E-state index in [1.54, 1.807) is 0 Å². The quantitative estimate of drug-likeness (QED) is 0.717. The predicted octanol–water partition coefficient (Wildman–Crippen LogP) is 0.466. The van der Waals surface area contributed by atoms with Crippen LogP contribution in [0.1, 0.15) is 23.2 Å². The van der Waals surface area contributed by atoms with Gasteiger partial charge in [0.15, 0.2) is 6.61 Å². The van der Waals surface area contributed by atoms with E-state index in [9.17, 15) is 18.0 Å². The molecule has 1 saturated carbocycles. The van der Waals surface area contributed by atoms with E-state index < -0.39 is 28.6 Å². The van der Waals surface area contributed by atoms with Crippen LogP contribution in [0.2, 0.25) is 0 Å². The molecule has 0 heterocycles. The molecule has 0 amide bonds. The van der Waals surface area contributed by atoms with Gasteiger partial charge in [0.2, 0.25) is 10.0 Å². The lowest BCUT2D eigenvalue weighted by molar-refractivity contribution is -0.144. The van der Waals surface area contributed by atoms with Gasteiger partial charge in [0.05, 0.1) is 19.8 Å². The van der Waals surface area contributed by atoms with E-state index in [0.717, 1.165) is 26.0 Å². The molecule has 0 saturated heterocycles. The Kier molecular flexibility index (Phi) is 5.22. The summed E-state index contributed by atoms with van der Waals surface area (Å²) in [6.45, 7) is -0.552. The van der Waals surface area contributed by atoms with Gasteiger partial charge in [0.1, 0.15) is 10.6 Å². The first-order valence-corrected chi connectivity index (χ1v) is 8.30. The number of carbonyl (C=O) groups is 2. The molecule has 1 aliphatic rings. The standard InChI is InChI=1S/C14H17NO7S/c1-20-11-6-3-9(14(17)22-8-13(16)21-2)7-12(11)23(18,19)15-10-4-5-10/h3,6-7,10,15H,4-5,8H2,1-2H3. The third-order valence-electron chi connectivity index (χ3n) is 3.14. The van der Waals surface area contributed by atoms with Crippen LogP contribution in [0.3, 0.4) is 0 Å². The molecule has 1 N–H and O–H groups in total. The van der Waals surface area contributed by atoms with Gasteiger partial charge in [0, 0.05) is 6.04 Å². The van der Waals surface area contributed by atoms with Crippen molar-refractivity contribution in [1.82, 2.24) is 4.72 Å². The van der Waals surface area contributed by atoms with Crippen molar-refractivity contribution in [1.29, 1.82) is 0 Å². The van der Waals surface area contributed by atoms with E-state index in [-0.39, 0.29) is 22.3 Å². The highest BCUT2D eigenvalue weighted by atomic mass is 32.2. The second-order valence-corrected chi connectivity index (χ2v) is 6.60. The van der Waals surface area contributed by atoms with Crippen molar-refractivity contribution in [3.05, 3.63) is 23.8 Å². The number of hydrogen-bond acceptors (Lipinski definition) is 7. The molecule has 9 heteroatoms. The fraction of sp³-hybridized carbons (Fsp3) is 0.429. The van der Waals surface area contributed by atoms with Gasteiger partial charge in [-0.15, -0.1) is 0 Å². The lowest BCUT2D eigenvalue weighted by Crippen LogP contribution is -2.26. The Balaban J connectivity index is 2.24. The number of carbonyl (C=O) groups excluding carboxylic acids is 2. The number of sulfonamides is 1. The largest absolute Gasteiger partial charge is 0.495 e. The number of rotatable bonds is 7. The van der Waals surface area contributed by atoms with Crippen LogP contribution in [0.5, 0.6) is 5.75 Å². The van der Waals surface area contributed by atoms with E-state index in [1.807, 2.05) is 0 Å². The first-order chi connectivity index (χ1) is 10.9. The molecule has 23 heavy (non-hydrogen) atoms. The van der Waals surface area contributed by atoms with Crippen LogP contribution >= 0.6 is 0 Å². The molecule has 1 fully saturated rings. The van der Waals surface area contributed by atoms with Crippen LogP contribution in [0.15, 0.2) is 23.1 Å². The Hall–Kier alpha value is -2.13. The molecule has 0 spiro atoms. The molecule has 0 radical (unpaired) electrons. The number of benzene rings is 1. The molecule has 1 aliphatic carbocycles. The lowest BCUT2D eigenvalue weighted by atomic mass is 10.2. The zero-order valence-electron chi connectivity index (χ0n) is 12.7. The van der Waals surface area contributed by atoms with Crippen LogP contribution in [0.4, 0.5) is 0 Å². The summed E-state index contributed by atoms with van der Waals surface area (Å²) in [7, 11) is -1.31. The molecular weight excluding hydrogens is 326 g/mol. The topological polar surface area (TPSA) is 108 Å². The summed E-state index contributed by atoms with van der Waals surface area (Å²) in [5.74, 6) is -1.43. The number of nitrogens with one attached hydrogen (secondary N) is 1. The maximum Gasteiger partial charge on any atom is 0.344 e. The highest BCUT2D eigenvalue weighted by Gasteiger charge is 2.30. The minimum absolute atomic E-state index is 0.00845. The van der Waals surface area contributed by atoms with Crippen LogP contribution < -0.4 is 9.46 Å². The second-order valence-electron chi connectivity index (χ2n) is 4.91. The normalized spacial score (nSPS) is 14.2. The van der Waals surface area contributed by atoms with Gasteiger partial charge in [-0.1, -0.05) is 0 Å². The van der Waals surface area contributed by atoms with E-state index in [4.69, 9.17) is 9.47 Å². The Morgan fingerprint density at radius 3 is 2.52 bits per heavy atom. The van der Waals surface area contributed by atoms with Crippen LogP contribution in [0.25, 0.3) is 0 Å². The van der Waals surface area contributed by atoms with Crippen LogP contribution in [-0.4, -0.2) is 47.2 Å². The molecule has 126 valence electrons. The smallest absolute Gasteiger partial charge is 0.344 e. The Labute approximate surface area is 133 Å². The zero-order chi connectivity index (χ0) is 17.0. The molecule has 2 rings (SSSR count). The average Bonchev–Trinajstić information content (AvgIpc) is 3.34. The lowest BCUT2D eigenvalue weighted by Gasteiger charge is -2.12. The maximum absolute atomic E-state index is 12.3. The summed E-state index contributed by atoms with van der Waals surface area (Å²) in [5, 5.41) is 0. The van der Waals surface area contributed by atoms with E-state index in [2.05, 4.69) is 9.46 Å². The van der Waals surface area contributed by atoms with Crippen molar-refractivity contribution in [2.75, 3.05) is 20.8 Å².